The van der Waals surface area contributed by atoms with E-state index in [4.69, 9.17) is 4.74 Å². The maximum absolute atomic E-state index is 5.59. The van der Waals surface area contributed by atoms with Gasteiger partial charge in [0, 0.05) is 0 Å². The van der Waals surface area contributed by atoms with Crippen LogP contribution in [0.4, 0.5) is 0 Å². The van der Waals surface area contributed by atoms with Crippen molar-refractivity contribution in [3.05, 3.63) is 29.8 Å². The van der Waals surface area contributed by atoms with Gasteiger partial charge in [0.15, 0.2) is 0 Å². The van der Waals surface area contributed by atoms with Crippen molar-refractivity contribution in [3.8, 4) is 5.75 Å². The topological polar surface area (TPSA) is 9.23 Å². The Morgan fingerprint density at radius 1 is 0.741 bits per heavy atom. The van der Waals surface area contributed by atoms with Crippen molar-refractivity contribution in [2.24, 2.45) is 17.8 Å². The standard InChI is InChI=1S/C26H42O/c1-3-5-6-7-8-21-9-11-22(12-10-21)23-13-15-24(16-14-23)25-17-19-26(20-18-25)27-4-2/h17-24H,3-16H2,1-2H3. The third kappa shape index (κ3) is 6.26. The average Bonchev–Trinajstić information content (AvgIpc) is 2.73. The third-order valence-electron chi connectivity index (χ3n) is 7.46. The highest BCUT2D eigenvalue weighted by Crippen LogP contribution is 2.44. The molecule has 27 heavy (non-hydrogen) atoms. The van der Waals surface area contributed by atoms with E-state index in [1.807, 2.05) is 0 Å². The fourth-order valence-electron chi connectivity index (χ4n) is 5.73. The van der Waals surface area contributed by atoms with Gasteiger partial charge in [0.25, 0.3) is 0 Å². The maximum atomic E-state index is 5.59. The SMILES string of the molecule is CCCCCCC1CCC(C2CCC(c3ccc(OCC)cc3)CC2)CC1. The van der Waals surface area contributed by atoms with E-state index in [0.717, 1.165) is 36.0 Å². The molecule has 0 spiro atoms. The first-order chi connectivity index (χ1) is 13.3. The summed E-state index contributed by atoms with van der Waals surface area (Å²) in [7, 11) is 0. The van der Waals surface area contributed by atoms with Crippen molar-refractivity contribution in [3.63, 3.8) is 0 Å². The first-order valence-corrected chi connectivity index (χ1v) is 12.0. The lowest BCUT2D eigenvalue weighted by atomic mass is 9.68. The monoisotopic (exact) mass is 370 g/mol. The summed E-state index contributed by atoms with van der Waals surface area (Å²) < 4.78 is 5.59. The molecule has 0 bridgehead atoms. The Morgan fingerprint density at radius 2 is 1.37 bits per heavy atom. The van der Waals surface area contributed by atoms with Crippen molar-refractivity contribution in [1.82, 2.24) is 0 Å². The molecule has 0 aromatic heterocycles. The Kier molecular flexibility index (Phi) is 8.55. The van der Waals surface area contributed by atoms with Gasteiger partial charge < -0.3 is 4.74 Å². The van der Waals surface area contributed by atoms with Crippen molar-refractivity contribution in [2.75, 3.05) is 6.61 Å². The molecule has 0 amide bonds. The minimum Gasteiger partial charge on any atom is -0.494 e. The number of hydrogen-bond donors (Lipinski definition) is 0. The molecule has 0 saturated heterocycles. The van der Waals surface area contributed by atoms with Crippen LogP contribution in [0.3, 0.4) is 0 Å². The first-order valence-electron chi connectivity index (χ1n) is 12.0. The summed E-state index contributed by atoms with van der Waals surface area (Å²) in [5, 5.41) is 0. The Hall–Kier alpha value is -0.980. The summed E-state index contributed by atoms with van der Waals surface area (Å²) in [5.74, 6) is 4.91. The highest BCUT2D eigenvalue weighted by Gasteiger charge is 2.31. The summed E-state index contributed by atoms with van der Waals surface area (Å²) >= 11 is 0. The molecule has 1 aromatic rings. The second-order valence-electron chi connectivity index (χ2n) is 9.24. The van der Waals surface area contributed by atoms with E-state index >= 15 is 0 Å². The van der Waals surface area contributed by atoms with Gasteiger partial charge in [-0.05, 0) is 86.8 Å². The number of unbranched alkanes of at least 4 members (excludes halogenated alkanes) is 3. The van der Waals surface area contributed by atoms with Crippen molar-refractivity contribution >= 4 is 0 Å². The van der Waals surface area contributed by atoms with Crippen LogP contribution in [0.25, 0.3) is 0 Å². The largest absolute Gasteiger partial charge is 0.494 e. The maximum Gasteiger partial charge on any atom is 0.119 e. The molecule has 2 aliphatic rings. The van der Waals surface area contributed by atoms with Gasteiger partial charge in [-0.1, -0.05) is 64.0 Å². The minimum absolute atomic E-state index is 0.755. The zero-order chi connectivity index (χ0) is 18.9. The van der Waals surface area contributed by atoms with E-state index in [1.54, 1.807) is 0 Å². The van der Waals surface area contributed by atoms with Crippen LogP contribution < -0.4 is 4.74 Å². The minimum atomic E-state index is 0.755. The smallest absolute Gasteiger partial charge is 0.119 e. The first kappa shape index (κ1) is 20.7. The van der Waals surface area contributed by atoms with Gasteiger partial charge in [-0.2, -0.15) is 0 Å². The fraction of sp³-hybridized carbons (Fsp3) is 0.769. The van der Waals surface area contributed by atoms with Crippen molar-refractivity contribution < 1.29 is 4.74 Å². The van der Waals surface area contributed by atoms with Crippen LogP contribution in [0.1, 0.15) is 109 Å². The van der Waals surface area contributed by atoms with Crippen LogP contribution in [-0.4, -0.2) is 6.61 Å². The quantitative estimate of drug-likeness (QED) is 0.399. The average molecular weight is 371 g/mol. The van der Waals surface area contributed by atoms with E-state index in [-0.39, 0.29) is 0 Å². The predicted molar refractivity (Wildman–Crippen MR) is 117 cm³/mol. The summed E-state index contributed by atoms with van der Waals surface area (Å²) in [6, 6.07) is 8.93. The molecule has 0 N–H and O–H groups in total. The second kappa shape index (κ2) is 11.1. The van der Waals surface area contributed by atoms with E-state index < -0.39 is 0 Å². The molecule has 1 heteroatoms. The van der Waals surface area contributed by atoms with Crippen molar-refractivity contribution in [1.29, 1.82) is 0 Å². The summed E-state index contributed by atoms with van der Waals surface area (Å²) in [6.45, 7) is 5.12. The van der Waals surface area contributed by atoms with Crippen LogP contribution in [0.2, 0.25) is 0 Å². The van der Waals surface area contributed by atoms with Gasteiger partial charge in [-0.3, -0.25) is 0 Å². The predicted octanol–water partition coefficient (Wildman–Crippen LogP) is 8.14. The van der Waals surface area contributed by atoms with Gasteiger partial charge >= 0.3 is 0 Å². The molecule has 0 atom stereocenters. The highest BCUT2D eigenvalue weighted by atomic mass is 16.5. The van der Waals surface area contributed by atoms with Crippen LogP contribution in [0, 0.1) is 17.8 Å². The van der Waals surface area contributed by atoms with E-state index in [0.29, 0.717) is 0 Å². The summed E-state index contributed by atoms with van der Waals surface area (Å²) in [6.07, 6.45) is 19.1. The van der Waals surface area contributed by atoms with Crippen LogP contribution in [-0.2, 0) is 0 Å². The van der Waals surface area contributed by atoms with E-state index in [2.05, 4.69) is 38.1 Å². The van der Waals surface area contributed by atoms with E-state index in [1.165, 1.54) is 89.0 Å². The molecule has 0 unspecified atom stereocenters. The zero-order valence-electron chi connectivity index (χ0n) is 17.9. The number of benzene rings is 1. The third-order valence-corrected chi connectivity index (χ3v) is 7.46. The molecule has 2 saturated carbocycles. The van der Waals surface area contributed by atoms with Gasteiger partial charge in [0.2, 0.25) is 0 Å². The van der Waals surface area contributed by atoms with Crippen molar-refractivity contribution in [2.45, 2.75) is 103 Å². The lowest BCUT2D eigenvalue weighted by molar-refractivity contribution is 0.155. The molecule has 1 nitrogen and oxygen atoms in total. The number of ether oxygens (including phenoxy) is 1. The molecule has 2 aliphatic carbocycles. The molecular formula is C26H42O. The molecular weight excluding hydrogens is 328 g/mol. The number of rotatable bonds is 9. The zero-order valence-corrected chi connectivity index (χ0v) is 17.9. The van der Waals surface area contributed by atoms with Crippen LogP contribution >= 0.6 is 0 Å². The lowest BCUT2D eigenvalue weighted by Crippen LogP contribution is -2.25. The molecule has 0 radical (unpaired) electrons. The van der Waals surface area contributed by atoms with Gasteiger partial charge in [0.05, 0.1) is 6.61 Å². The highest BCUT2D eigenvalue weighted by molar-refractivity contribution is 5.29. The Balaban J connectivity index is 1.37. The van der Waals surface area contributed by atoms with Crippen LogP contribution in [0.15, 0.2) is 24.3 Å². The molecule has 152 valence electrons. The molecule has 2 fully saturated rings. The Bertz CT molecular complexity index is 504. The normalized spacial score (nSPS) is 28.8. The second-order valence-corrected chi connectivity index (χ2v) is 9.24. The molecule has 1 aromatic carbocycles. The van der Waals surface area contributed by atoms with Gasteiger partial charge in [-0.25, -0.2) is 0 Å². The fourth-order valence-corrected chi connectivity index (χ4v) is 5.73. The molecule has 0 aliphatic heterocycles. The lowest BCUT2D eigenvalue weighted by Gasteiger charge is -2.38. The summed E-state index contributed by atoms with van der Waals surface area (Å²) in [4.78, 5) is 0. The summed E-state index contributed by atoms with van der Waals surface area (Å²) in [5.41, 5.74) is 1.53. The molecule has 3 rings (SSSR count). The van der Waals surface area contributed by atoms with E-state index in [9.17, 15) is 0 Å². The van der Waals surface area contributed by atoms with Gasteiger partial charge in [0.1, 0.15) is 5.75 Å². The molecule has 0 heterocycles. The van der Waals surface area contributed by atoms with Crippen LogP contribution in [0.5, 0.6) is 5.75 Å². The van der Waals surface area contributed by atoms with Gasteiger partial charge in [-0.15, -0.1) is 0 Å². The number of hydrogen-bond acceptors (Lipinski definition) is 1. The Labute approximate surface area is 168 Å². The Morgan fingerprint density at radius 3 is 1.96 bits per heavy atom.